The van der Waals surface area contributed by atoms with E-state index in [0.717, 1.165) is 0 Å². The Morgan fingerprint density at radius 1 is 0.255 bits per heavy atom. The molecule has 18 N–H and O–H groups in total. The van der Waals surface area contributed by atoms with E-state index in [0.29, 0.717) is 66.2 Å². The molecule has 0 spiro atoms. The van der Waals surface area contributed by atoms with Crippen LogP contribution in [0.4, 0.5) is 0 Å². The zero-order valence-electron chi connectivity index (χ0n) is 59.6. The van der Waals surface area contributed by atoms with Crippen molar-refractivity contribution in [3.63, 3.8) is 0 Å². The zero-order valence-corrected chi connectivity index (χ0v) is 65.0. The molecule has 0 bridgehead atoms. The molecule has 102 heavy (non-hydrogen) atoms. The van der Waals surface area contributed by atoms with Gasteiger partial charge in [-0.15, -0.1) is 0 Å². The van der Waals surface area contributed by atoms with E-state index in [2.05, 4.69) is 27.1 Å². The molecular weight excluding hydrogens is 1520 g/mol. The Morgan fingerprint density at radius 2 is 0.333 bits per heavy atom. The highest BCUT2D eigenvalue weighted by Gasteiger charge is 2.59. The maximum atomic E-state index is 11.3. The van der Waals surface area contributed by atoms with E-state index in [9.17, 15) is 85.5 Å². The van der Waals surface area contributed by atoms with Crippen LogP contribution in [0.25, 0.3) is 0 Å². The molecule has 1 rings (SSSR count). The number of aliphatic hydroxyl groups excluding tert-OH is 6. The van der Waals surface area contributed by atoms with Gasteiger partial charge in [0.15, 0.2) is 0 Å². The van der Waals surface area contributed by atoms with Gasteiger partial charge in [-0.25, -0.2) is 0 Å². The Morgan fingerprint density at radius 3 is 0.382 bits per heavy atom. The molecule has 0 aliphatic heterocycles. The van der Waals surface area contributed by atoms with Crippen molar-refractivity contribution in [2.24, 2.45) is 0 Å². The number of rotatable bonds is 36. The van der Waals surface area contributed by atoms with Crippen molar-refractivity contribution >= 4 is 82.8 Å². The third kappa shape index (κ3) is 81.1. The minimum Gasteiger partial charge on any atom is -0.756 e. The number of hydrogen-bond acceptors (Lipinski definition) is 30. The number of carboxylic acid groups (broad SMARTS) is 6. The van der Waals surface area contributed by atoms with Gasteiger partial charge in [0.1, 0.15) is 113 Å². The summed E-state index contributed by atoms with van der Waals surface area (Å²) < 4.78 is 94.2. The highest BCUT2D eigenvalue weighted by molar-refractivity contribution is 7.46. The molecule has 0 aromatic rings. The molecule has 54 heteroatoms. The molecule has 48 nitrogen and oxygen atoms in total. The number of likely N-dealkylation sites (N-methyl/N-ethyl adjacent to an activating group) is 6. The molecule has 612 valence electrons. The normalized spacial score (nSPS) is 22.6. The summed E-state index contributed by atoms with van der Waals surface area (Å²) >= 11 is 0. The number of aliphatic carboxylic acids is 6. The summed E-state index contributed by atoms with van der Waals surface area (Å²) in [6.45, 7) is 2.79. The maximum absolute atomic E-state index is 11.3. The summed E-state index contributed by atoms with van der Waals surface area (Å²) in [6, 6.07) is 0. The Labute approximate surface area is 589 Å². The molecule has 12 atom stereocenters. The van der Waals surface area contributed by atoms with Crippen LogP contribution >= 0.6 is 46.9 Å². The van der Waals surface area contributed by atoms with Crippen LogP contribution in [0.3, 0.4) is 0 Å². The predicted octanol–water partition coefficient (Wildman–Crippen LogP) is -9.76. The van der Waals surface area contributed by atoms with Crippen LogP contribution in [0.2, 0.25) is 0 Å². The number of carbonyl (C=O) groups is 6. The van der Waals surface area contributed by atoms with Crippen LogP contribution in [0.1, 0.15) is 38.5 Å². The smallest absolute Gasteiger partial charge is 0.306 e. The van der Waals surface area contributed by atoms with Crippen LogP contribution in [-0.2, 0) is 83.3 Å². The largest absolute Gasteiger partial charge is 0.756 e. The molecule has 0 amide bonds. The lowest BCUT2D eigenvalue weighted by Crippen LogP contribution is -2.67. The van der Waals surface area contributed by atoms with Gasteiger partial charge in [-0.05, 0) is 0 Å². The number of aliphatic hydroxyl groups is 6. The number of phosphoric ester groups is 6. The Balaban J connectivity index is -0.000000289. The third-order valence-corrected chi connectivity index (χ3v) is 13.5. The molecule has 0 heterocycles. The Hall–Kier alpha value is -3.00. The van der Waals surface area contributed by atoms with E-state index >= 15 is 0 Å². The van der Waals surface area contributed by atoms with Gasteiger partial charge < -0.3 is 174 Å². The quantitative estimate of drug-likeness (QED) is 0.0205. The fraction of sp³-hybridized carbons (Fsp3) is 0.875. The van der Waals surface area contributed by atoms with E-state index in [1.165, 1.54) is 0 Å². The lowest BCUT2D eigenvalue weighted by Gasteiger charge is -2.52. The summed E-state index contributed by atoms with van der Waals surface area (Å²) in [5.74, 6) is -5.72. The highest BCUT2D eigenvalue weighted by Crippen LogP contribution is 2.54. The first kappa shape index (κ1) is 110. The van der Waals surface area contributed by atoms with Crippen molar-refractivity contribution in [3.05, 3.63) is 0 Å². The van der Waals surface area contributed by atoms with Gasteiger partial charge in [-0.3, -0.25) is 56.2 Å². The first-order chi connectivity index (χ1) is 44.4. The molecule has 1 aliphatic rings. The van der Waals surface area contributed by atoms with Gasteiger partial charge in [0.25, 0.3) is 46.9 Å². The Kier molecular flexibility index (Phi) is 50.0. The SMILES string of the molecule is C[N+](C)(C)C[C@@H](O)CC(=O)O.C[N+](C)(C)C[C@@H](O)CC(=O)O.C[N+](C)(C)C[C@@H](O)CC(=O)O.C[N+](C)(C)C[C@@H](O)CC(=O)O.C[N+](C)(C)C[C@@H](O)CC(=O)O.C[N+](C)(C)C[C@@H](O)CC(=O)O.O=P([O-])(O)OC1C(OP(=O)([O-])O)C(OP(=O)([O-])O)C(OP(=O)([O-])O)C(OP(=O)([O-])O)C1OP(=O)([O-])O. The van der Waals surface area contributed by atoms with Crippen molar-refractivity contribution in [1.29, 1.82) is 0 Å². The standard InChI is InChI=1S/6C7H15NO3.C6H18O24P6/c6*1-8(2,3)5-6(9)4-7(10)11;7-31(8,9)25-1-2(26-32(10,11)12)4(28-34(16,17)18)6(30-36(22,23)24)5(29-35(19,20)21)3(1)27-33(13,14)15/h6*6,9H,4-5H2,1-3H3;1-6H,(H2,7,8,9)(H2,10,11,12)(H2,13,14,15)(H2,16,17,18)(H2,19,20,21)(H2,22,23,24)/t6*6-;/m000000./s1. The minimum atomic E-state index is -6.35. The number of carboxylic acids is 6. The number of quaternary nitrogens is 6. The van der Waals surface area contributed by atoms with E-state index in [1.54, 1.807) is 0 Å². The number of hydrogen-bond donors (Lipinski definition) is 18. The summed E-state index contributed by atoms with van der Waals surface area (Å²) in [5, 5.41) is 105. The first-order valence-electron chi connectivity index (χ1n) is 29.0. The molecule has 6 unspecified atom stereocenters. The fourth-order valence-corrected chi connectivity index (χ4v) is 11.4. The van der Waals surface area contributed by atoms with E-state index in [1.807, 2.05) is 127 Å². The summed E-state index contributed by atoms with van der Waals surface area (Å²) in [5.41, 5.74) is 0. The average Bonchev–Trinajstić information content (AvgIpc) is 0.745. The maximum Gasteiger partial charge on any atom is 0.306 e. The topological polar surface area (TPSA) is 763 Å². The molecule has 0 saturated heterocycles. The highest BCUT2D eigenvalue weighted by atomic mass is 31.2. The van der Waals surface area contributed by atoms with E-state index in [4.69, 9.17) is 90.6 Å². The lowest BCUT2D eigenvalue weighted by atomic mass is 9.85. The fourth-order valence-electron chi connectivity index (χ4n) is 8.15. The van der Waals surface area contributed by atoms with Gasteiger partial charge in [0.2, 0.25) is 0 Å². The number of phosphoric acid groups is 6. The number of nitrogens with zero attached hydrogens (tertiary/aromatic N) is 6. The molecule has 1 saturated carbocycles. The van der Waals surface area contributed by atoms with Gasteiger partial charge in [0.05, 0.1) is 165 Å². The van der Waals surface area contributed by atoms with Crippen LogP contribution in [0.5, 0.6) is 0 Å². The first-order valence-corrected chi connectivity index (χ1v) is 38.0. The van der Waals surface area contributed by atoms with Crippen LogP contribution in [-0.4, -0.2) is 393 Å². The molecule has 0 radical (unpaired) electrons. The zero-order chi connectivity index (χ0) is 83.1. The van der Waals surface area contributed by atoms with Crippen molar-refractivity contribution in [1.82, 2.24) is 0 Å². The summed E-state index contributed by atoms with van der Waals surface area (Å²) in [4.78, 5) is 182. The molecular formula is C48H108N6O42P6. The second kappa shape index (κ2) is 46.4. The molecule has 0 aromatic carbocycles. The molecule has 1 aliphatic carbocycles. The van der Waals surface area contributed by atoms with Gasteiger partial charge in [-0.2, -0.15) is 0 Å². The molecule has 0 aromatic heterocycles. The monoisotopic (exact) mass is 1630 g/mol. The van der Waals surface area contributed by atoms with Gasteiger partial charge in [-0.1, -0.05) is 0 Å². The second-order valence-corrected chi connectivity index (χ2v) is 35.5. The summed E-state index contributed by atoms with van der Waals surface area (Å²) in [7, 11) is -3.76. The molecule has 1 fully saturated rings. The average molecular weight is 1630 g/mol. The van der Waals surface area contributed by atoms with E-state index in [-0.39, 0.29) is 38.5 Å². The van der Waals surface area contributed by atoms with Gasteiger partial charge in [0, 0.05) is 0 Å². The lowest BCUT2D eigenvalue weighted by molar-refractivity contribution is -0.873. The van der Waals surface area contributed by atoms with Gasteiger partial charge >= 0.3 is 35.8 Å². The second-order valence-electron chi connectivity index (χ2n) is 28.6. The predicted molar refractivity (Wildman–Crippen MR) is 335 cm³/mol. The van der Waals surface area contributed by atoms with E-state index < -0.39 is 156 Å². The Bertz CT molecular complexity index is 2310. The van der Waals surface area contributed by atoms with Crippen molar-refractivity contribution in [2.45, 2.75) is 112 Å². The van der Waals surface area contributed by atoms with Crippen LogP contribution in [0.15, 0.2) is 0 Å². The van der Waals surface area contributed by atoms with Crippen molar-refractivity contribution < 1.29 is 230 Å². The van der Waals surface area contributed by atoms with Crippen molar-refractivity contribution in [3.8, 4) is 0 Å². The van der Waals surface area contributed by atoms with Crippen LogP contribution < -0.4 is 29.4 Å². The van der Waals surface area contributed by atoms with Crippen LogP contribution in [0, 0.1) is 0 Å². The minimum absolute atomic E-state index is 0.171. The summed E-state index contributed by atoms with van der Waals surface area (Å²) in [6.07, 6.45) is -25.7. The third-order valence-electron chi connectivity index (χ3n) is 10.5. The van der Waals surface area contributed by atoms with Crippen molar-refractivity contribution in [2.75, 3.05) is 166 Å².